The molecule has 0 saturated heterocycles. The fourth-order valence-corrected chi connectivity index (χ4v) is 3.21. The fraction of sp³-hybridized carbons (Fsp3) is 0.240. The zero-order valence-corrected chi connectivity index (χ0v) is 17.1. The molecule has 0 radical (unpaired) electrons. The van der Waals surface area contributed by atoms with Crippen molar-refractivity contribution >= 4 is 22.9 Å². The number of hydrogen-bond acceptors (Lipinski definition) is 4. The first-order valence-corrected chi connectivity index (χ1v) is 9.70. The van der Waals surface area contributed by atoms with Crippen molar-refractivity contribution in [1.82, 2.24) is 0 Å². The van der Waals surface area contributed by atoms with Crippen molar-refractivity contribution in [3.63, 3.8) is 0 Å². The number of unbranched alkanes of at least 4 members (excludes halogenated alkanes) is 1. The molecule has 0 unspecified atom stereocenters. The molecular formula is C25H25NO3. The monoisotopic (exact) mass is 387 g/mol. The third-order valence-corrected chi connectivity index (χ3v) is 4.76. The van der Waals surface area contributed by atoms with Gasteiger partial charge in [-0.25, -0.2) is 0 Å². The number of rotatable bonds is 8. The van der Waals surface area contributed by atoms with Gasteiger partial charge in [-0.15, -0.1) is 0 Å². The van der Waals surface area contributed by atoms with Crippen LogP contribution in [0.15, 0.2) is 48.5 Å². The topological polar surface area (TPSA) is 51.5 Å². The van der Waals surface area contributed by atoms with E-state index in [1.54, 1.807) is 14.2 Å². The molecule has 0 heterocycles. The standard InChI is InChI=1S/C25H25NO3/c1-4-5-14-29-25-23(27-2)15-18(16-24(25)28-3)10-11-19-12-13-20(17-26)22-9-7-6-8-21(19)22/h6-13,15-16H,4-5,14H2,1-3H3/b11-10+. The summed E-state index contributed by atoms with van der Waals surface area (Å²) in [6, 6.07) is 17.9. The fourth-order valence-electron chi connectivity index (χ4n) is 3.21. The van der Waals surface area contributed by atoms with Crippen LogP contribution in [-0.4, -0.2) is 20.8 Å². The van der Waals surface area contributed by atoms with Gasteiger partial charge in [0.15, 0.2) is 11.5 Å². The molecule has 0 amide bonds. The SMILES string of the molecule is CCCCOc1c(OC)cc(/C=C/c2ccc(C#N)c3ccccc23)cc1OC. The Morgan fingerprint density at radius 2 is 1.62 bits per heavy atom. The lowest BCUT2D eigenvalue weighted by molar-refractivity contribution is 0.270. The first-order chi connectivity index (χ1) is 14.2. The van der Waals surface area contributed by atoms with Gasteiger partial charge in [0.25, 0.3) is 0 Å². The molecule has 0 bridgehead atoms. The molecule has 4 nitrogen and oxygen atoms in total. The second-order valence-electron chi connectivity index (χ2n) is 6.65. The van der Waals surface area contributed by atoms with Crippen molar-refractivity contribution in [1.29, 1.82) is 5.26 Å². The van der Waals surface area contributed by atoms with Crippen LogP contribution in [0.5, 0.6) is 17.2 Å². The van der Waals surface area contributed by atoms with E-state index in [1.807, 2.05) is 60.7 Å². The van der Waals surface area contributed by atoms with Crippen LogP contribution < -0.4 is 14.2 Å². The highest BCUT2D eigenvalue weighted by atomic mass is 16.5. The summed E-state index contributed by atoms with van der Waals surface area (Å²) in [5.74, 6) is 1.92. The van der Waals surface area contributed by atoms with Gasteiger partial charge < -0.3 is 14.2 Å². The van der Waals surface area contributed by atoms with E-state index in [1.165, 1.54) is 0 Å². The van der Waals surface area contributed by atoms with Gasteiger partial charge in [-0.2, -0.15) is 5.26 Å². The van der Waals surface area contributed by atoms with E-state index in [0.717, 1.165) is 34.7 Å². The van der Waals surface area contributed by atoms with Crippen LogP contribution in [0.2, 0.25) is 0 Å². The van der Waals surface area contributed by atoms with E-state index in [4.69, 9.17) is 14.2 Å². The Labute approximate surface area is 171 Å². The van der Waals surface area contributed by atoms with Gasteiger partial charge in [-0.1, -0.05) is 55.8 Å². The Morgan fingerprint density at radius 1 is 0.931 bits per heavy atom. The van der Waals surface area contributed by atoms with Crippen molar-refractivity contribution in [2.75, 3.05) is 20.8 Å². The predicted molar refractivity (Wildman–Crippen MR) is 118 cm³/mol. The summed E-state index contributed by atoms with van der Waals surface area (Å²) in [4.78, 5) is 0. The first kappa shape index (κ1) is 20.3. The molecule has 0 saturated carbocycles. The van der Waals surface area contributed by atoms with E-state index in [9.17, 15) is 5.26 Å². The highest BCUT2D eigenvalue weighted by Crippen LogP contribution is 2.39. The number of methoxy groups -OCH3 is 2. The molecular weight excluding hydrogens is 362 g/mol. The molecule has 3 aromatic rings. The third-order valence-electron chi connectivity index (χ3n) is 4.76. The second-order valence-corrected chi connectivity index (χ2v) is 6.65. The Hall–Kier alpha value is -3.45. The lowest BCUT2D eigenvalue weighted by Crippen LogP contribution is -2.01. The number of benzene rings is 3. The van der Waals surface area contributed by atoms with Crippen molar-refractivity contribution in [2.45, 2.75) is 19.8 Å². The minimum Gasteiger partial charge on any atom is -0.493 e. The quantitative estimate of drug-likeness (QED) is 0.347. The second kappa shape index (κ2) is 9.66. The molecule has 0 aromatic heterocycles. The van der Waals surface area contributed by atoms with Crippen molar-refractivity contribution < 1.29 is 14.2 Å². The van der Waals surface area contributed by atoms with Gasteiger partial charge in [-0.3, -0.25) is 0 Å². The Balaban J connectivity index is 1.97. The maximum absolute atomic E-state index is 9.35. The van der Waals surface area contributed by atoms with Gasteiger partial charge in [0, 0.05) is 5.39 Å². The number of hydrogen-bond donors (Lipinski definition) is 0. The van der Waals surface area contributed by atoms with Crippen molar-refractivity contribution in [3.8, 4) is 23.3 Å². The maximum atomic E-state index is 9.35. The predicted octanol–water partition coefficient (Wildman–Crippen LogP) is 6.08. The molecule has 0 aliphatic heterocycles. The Kier molecular flexibility index (Phi) is 6.76. The first-order valence-electron chi connectivity index (χ1n) is 9.70. The molecule has 0 aliphatic carbocycles. The molecule has 0 N–H and O–H groups in total. The third kappa shape index (κ3) is 4.52. The Morgan fingerprint density at radius 3 is 2.24 bits per heavy atom. The lowest BCUT2D eigenvalue weighted by Gasteiger charge is -2.15. The molecule has 0 atom stereocenters. The summed E-state index contributed by atoms with van der Waals surface area (Å²) in [5, 5.41) is 11.3. The maximum Gasteiger partial charge on any atom is 0.203 e. The average molecular weight is 387 g/mol. The summed E-state index contributed by atoms with van der Waals surface area (Å²) in [5.41, 5.74) is 2.66. The Bertz CT molecular complexity index is 1040. The van der Waals surface area contributed by atoms with Crippen LogP contribution in [0.3, 0.4) is 0 Å². The summed E-state index contributed by atoms with van der Waals surface area (Å²) >= 11 is 0. The lowest BCUT2D eigenvalue weighted by atomic mass is 9.99. The number of nitriles is 1. The van der Waals surface area contributed by atoms with Crippen LogP contribution >= 0.6 is 0 Å². The van der Waals surface area contributed by atoms with E-state index in [0.29, 0.717) is 29.4 Å². The van der Waals surface area contributed by atoms with E-state index < -0.39 is 0 Å². The van der Waals surface area contributed by atoms with Gasteiger partial charge in [-0.05, 0) is 41.1 Å². The van der Waals surface area contributed by atoms with Crippen molar-refractivity contribution in [2.24, 2.45) is 0 Å². The molecule has 29 heavy (non-hydrogen) atoms. The number of ether oxygens (including phenoxy) is 3. The average Bonchev–Trinajstić information content (AvgIpc) is 2.77. The minimum atomic E-state index is 0.621. The molecule has 148 valence electrons. The highest BCUT2D eigenvalue weighted by molar-refractivity contribution is 5.96. The van der Waals surface area contributed by atoms with Gasteiger partial charge in [0.2, 0.25) is 5.75 Å². The van der Waals surface area contributed by atoms with E-state index in [2.05, 4.69) is 13.0 Å². The summed E-state index contributed by atoms with van der Waals surface area (Å²) < 4.78 is 17.0. The van der Waals surface area contributed by atoms with Crippen LogP contribution in [0.1, 0.15) is 36.5 Å². The van der Waals surface area contributed by atoms with E-state index in [-0.39, 0.29) is 0 Å². The van der Waals surface area contributed by atoms with Crippen LogP contribution in [0.4, 0.5) is 0 Å². The van der Waals surface area contributed by atoms with E-state index >= 15 is 0 Å². The highest BCUT2D eigenvalue weighted by Gasteiger charge is 2.13. The van der Waals surface area contributed by atoms with Crippen molar-refractivity contribution in [3.05, 3.63) is 65.2 Å². The molecule has 0 fully saturated rings. The summed E-state index contributed by atoms with van der Waals surface area (Å²) in [6.07, 6.45) is 6.08. The largest absolute Gasteiger partial charge is 0.493 e. The molecule has 0 aliphatic rings. The zero-order valence-electron chi connectivity index (χ0n) is 17.1. The normalized spacial score (nSPS) is 10.8. The minimum absolute atomic E-state index is 0.621. The summed E-state index contributed by atoms with van der Waals surface area (Å²) in [6.45, 7) is 2.74. The number of fused-ring (bicyclic) bond motifs is 1. The van der Waals surface area contributed by atoms with Gasteiger partial charge in [0.05, 0.1) is 32.5 Å². The van der Waals surface area contributed by atoms with Crippen LogP contribution in [0, 0.1) is 11.3 Å². The summed E-state index contributed by atoms with van der Waals surface area (Å²) in [7, 11) is 3.26. The number of nitrogens with zero attached hydrogens (tertiary/aromatic N) is 1. The van der Waals surface area contributed by atoms with Gasteiger partial charge in [0.1, 0.15) is 0 Å². The molecule has 0 spiro atoms. The smallest absolute Gasteiger partial charge is 0.203 e. The molecule has 3 aromatic carbocycles. The van der Waals surface area contributed by atoms with Gasteiger partial charge >= 0.3 is 0 Å². The zero-order chi connectivity index (χ0) is 20.6. The molecule has 4 heteroatoms. The van der Waals surface area contributed by atoms with Crippen LogP contribution in [-0.2, 0) is 0 Å². The van der Waals surface area contributed by atoms with Crippen LogP contribution in [0.25, 0.3) is 22.9 Å². The molecule has 3 rings (SSSR count).